The third kappa shape index (κ3) is 3.42. The molecule has 5 rings (SSSR count). The van der Waals surface area contributed by atoms with Crippen LogP contribution in [0.2, 0.25) is 0 Å². The fourth-order valence-corrected chi connectivity index (χ4v) is 5.06. The van der Waals surface area contributed by atoms with Crippen molar-refractivity contribution in [2.24, 2.45) is 0 Å². The van der Waals surface area contributed by atoms with E-state index in [1.807, 2.05) is 18.2 Å². The van der Waals surface area contributed by atoms with Crippen LogP contribution < -0.4 is 5.32 Å². The molecule has 1 aliphatic heterocycles. The largest absolute Gasteiger partial charge is 0.465 e. The van der Waals surface area contributed by atoms with Crippen molar-refractivity contribution < 1.29 is 18.7 Å². The molecule has 0 saturated carbocycles. The number of hydrogen-bond donors (Lipinski definition) is 2. The van der Waals surface area contributed by atoms with Gasteiger partial charge in [0.15, 0.2) is 0 Å². The van der Waals surface area contributed by atoms with Gasteiger partial charge in [0.1, 0.15) is 10.7 Å². The highest BCUT2D eigenvalue weighted by Gasteiger charge is 2.35. The summed E-state index contributed by atoms with van der Waals surface area (Å²) in [5.41, 5.74) is 4.28. The molecule has 0 saturated heterocycles. The molecule has 2 aromatic heterocycles. The fourth-order valence-electron chi connectivity index (χ4n) is 4.30. The highest BCUT2D eigenvalue weighted by Crippen LogP contribution is 2.39. The predicted molar refractivity (Wildman–Crippen MR) is 122 cm³/mol. The van der Waals surface area contributed by atoms with Crippen LogP contribution in [0.1, 0.15) is 32.5 Å². The monoisotopic (exact) mass is 449 g/mol. The number of nitrogens with zero attached hydrogens (tertiary/aromatic N) is 1. The summed E-state index contributed by atoms with van der Waals surface area (Å²) in [5, 5.41) is 5.71. The first-order valence-corrected chi connectivity index (χ1v) is 11.0. The van der Waals surface area contributed by atoms with Gasteiger partial charge in [-0.05, 0) is 47.2 Å². The van der Waals surface area contributed by atoms with E-state index in [0.29, 0.717) is 23.5 Å². The van der Waals surface area contributed by atoms with Gasteiger partial charge in [-0.25, -0.2) is 14.0 Å². The van der Waals surface area contributed by atoms with Crippen LogP contribution in [-0.4, -0.2) is 35.5 Å². The number of aromatic amines is 1. The Kier molecular flexibility index (Phi) is 5.14. The van der Waals surface area contributed by atoms with E-state index in [0.717, 1.165) is 27.7 Å². The lowest BCUT2D eigenvalue weighted by Gasteiger charge is -2.36. The lowest BCUT2D eigenvalue weighted by atomic mass is 9.92. The summed E-state index contributed by atoms with van der Waals surface area (Å²) in [6.07, 6.45) is 0.679. The molecule has 2 N–H and O–H groups in total. The van der Waals surface area contributed by atoms with Gasteiger partial charge in [0, 0.05) is 23.1 Å². The number of methoxy groups -OCH3 is 1. The fraction of sp³-hybridized carbons (Fsp3) is 0.167. The second-order valence-electron chi connectivity index (χ2n) is 7.55. The number of nitrogens with one attached hydrogen (secondary N) is 2. The molecule has 6 nitrogen and oxygen atoms in total. The second-order valence-corrected chi connectivity index (χ2v) is 8.46. The molecule has 0 aliphatic carbocycles. The number of thiophene rings is 1. The van der Waals surface area contributed by atoms with Crippen LogP contribution in [0.3, 0.4) is 0 Å². The number of para-hydroxylation sites is 1. The van der Waals surface area contributed by atoms with E-state index >= 15 is 0 Å². The average molecular weight is 450 g/mol. The number of rotatable bonds is 3. The third-order valence-corrected chi connectivity index (χ3v) is 6.65. The molecule has 0 spiro atoms. The van der Waals surface area contributed by atoms with E-state index < -0.39 is 12.0 Å². The Balaban J connectivity index is 1.55. The van der Waals surface area contributed by atoms with Crippen LogP contribution in [0.15, 0.2) is 60.0 Å². The molecule has 0 radical (unpaired) electrons. The van der Waals surface area contributed by atoms with Gasteiger partial charge in [0.05, 0.1) is 18.8 Å². The molecule has 1 atom stereocenters. The zero-order valence-electron chi connectivity index (χ0n) is 17.2. The molecular formula is C24H20FN3O3S. The van der Waals surface area contributed by atoms with Crippen molar-refractivity contribution in [1.29, 1.82) is 0 Å². The molecule has 0 bridgehead atoms. The number of esters is 1. The Hall–Kier alpha value is -3.65. The lowest BCUT2D eigenvalue weighted by Crippen LogP contribution is -2.43. The highest BCUT2D eigenvalue weighted by molar-refractivity contribution is 7.12. The van der Waals surface area contributed by atoms with Crippen molar-refractivity contribution in [2.75, 3.05) is 19.0 Å². The molecule has 2 aromatic carbocycles. The molecule has 0 fully saturated rings. The molecule has 4 aromatic rings. The maximum atomic E-state index is 13.6. The molecule has 32 heavy (non-hydrogen) atoms. The number of ether oxygens (including phenoxy) is 1. The summed E-state index contributed by atoms with van der Waals surface area (Å²) in [7, 11) is 1.31. The number of halogens is 1. The molecular weight excluding hydrogens is 429 g/mol. The van der Waals surface area contributed by atoms with E-state index in [-0.39, 0.29) is 11.8 Å². The molecule has 8 heteroatoms. The molecule has 3 heterocycles. The summed E-state index contributed by atoms with van der Waals surface area (Å²) in [6.45, 7) is 0.473. The van der Waals surface area contributed by atoms with Gasteiger partial charge >= 0.3 is 12.0 Å². The number of aromatic nitrogens is 1. The average Bonchev–Trinajstić information content (AvgIpc) is 3.43. The number of urea groups is 1. The van der Waals surface area contributed by atoms with Crippen molar-refractivity contribution in [3.63, 3.8) is 0 Å². The zero-order valence-corrected chi connectivity index (χ0v) is 18.0. The van der Waals surface area contributed by atoms with E-state index in [2.05, 4.69) is 16.4 Å². The van der Waals surface area contributed by atoms with Crippen LogP contribution in [0.25, 0.3) is 10.9 Å². The molecule has 162 valence electrons. The van der Waals surface area contributed by atoms with Gasteiger partial charge in [0.2, 0.25) is 0 Å². The van der Waals surface area contributed by atoms with Gasteiger partial charge in [0.25, 0.3) is 0 Å². The second kappa shape index (κ2) is 8.12. The summed E-state index contributed by atoms with van der Waals surface area (Å²) in [4.78, 5) is 30.9. The van der Waals surface area contributed by atoms with Crippen molar-refractivity contribution in [3.05, 3.63) is 87.5 Å². The lowest BCUT2D eigenvalue weighted by molar-refractivity contribution is 0.0607. The zero-order chi connectivity index (χ0) is 22.2. The minimum Gasteiger partial charge on any atom is -0.465 e. The number of amides is 2. The first-order chi connectivity index (χ1) is 15.6. The van der Waals surface area contributed by atoms with E-state index in [1.165, 1.54) is 30.6 Å². The van der Waals surface area contributed by atoms with Gasteiger partial charge in [-0.3, -0.25) is 0 Å². The minimum absolute atomic E-state index is 0.335. The van der Waals surface area contributed by atoms with E-state index in [9.17, 15) is 14.0 Å². The van der Waals surface area contributed by atoms with Gasteiger partial charge in [-0.15, -0.1) is 11.3 Å². The smallest absolute Gasteiger partial charge is 0.350 e. The normalized spacial score (nSPS) is 15.4. The quantitative estimate of drug-likeness (QED) is 0.415. The number of anilines is 1. The molecule has 1 aliphatic rings. The Labute approximate surface area is 187 Å². The van der Waals surface area contributed by atoms with Crippen molar-refractivity contribution in [1.82, 2.24) is 9.88 Å². The van der Waals surface area contributed by atoms with Crippen molar-refractivity contribution in [3.8, 4) is 0 Å². The first kappa shape index (κ1) is 20.3. The predicted octanol–water partition coefficient (Wildman–Crippen LogP) is 5.33. The number of benzene rings is 2. The number of carbonyl (C=O) groups excluding carboxylic acids is 2. The Morgan fingerprint density at radius 3 is 2.72 bits per heavy atom. The van der Waals surface area contributed by atoms with Crippen LogP contribution in [0.5, 0.6) is 0 Å². The van der Waals surface area contributed by atoms with Crippen LogP contribution >= 0.6 is 11.3 Å². The van der Waals surface area contributed by atoms with Crippen LogP contribution in [-0.2, 0) is 11.2 Å². The summed E-state index contributed by atoms with van der Waals surface area (Å²) >= 11 is 1.21. The first-order valence-electron chi connectivity index (χ1n) is 10.1. The topological polar surface area (TPSA) is 74.4 Å². The summed E-state index contributed by atoms with van der Waals surface area (Å²) in [6, 6.07) is 15.1. The maximum Gasteiger partial charge on any atom is 0.350 e. The maximum absolute atomic E-state index is 13.6. The summed E-state index contributed by atoms with van der Waals surface area (Å²) < 4.78 is 18.4. The number of H-pyrrole nitrogens is 1. The molecule has 0 unspecified atom stereocenters. The van der Waals surface area contributed by atoms with E-state index in [1.54, 1.807) is 28.5 Å². The van der Waals surface area contributed by atoms with Gasteiger partial charge in [-0.2, -0.15) is 0 Å². The number of hydrogen-bond acceptors (Lipinski definition) is 4. The standard InChI is InChI=1S/C24H20FN3O3S/c1-31-23(29)22-19(11-13-32-22)27-24(30)28-12-10-17-16-4-2-3-5-18(16)26-20(17)21(28)14-6-8-15(25)9-7-14/h2-9,11,13,21,26H,10,12H2,1H3,(H,27,30)/t21-/m0/s1. The highest BCUT2D eigenvalue weighted by atomic mass is 32.1. The Morgan fingerprint density at radius 2 is 1.94 bits per heavy atom. The Bertz CT molecular complexity index is 1310. The van der Waals surface area contributed by atoms with Gasteiger partial charge in [-0.1, -0.05) is 30.3 Å². The van der Waals surface area contributed by atoms with Crippen LogP contribution in [0.4, 0.5) is 14.9 Å². The van der Waals surface area contributed by atoms with E-state index in [4.69, 9.17) is 4.74 Å². The van der Waals surface area contributed by atoms with Crippen molar-refractivity contribution >= 4 is 39.9 Å². The summed E-state index contributed by atoms with van der Waals surface area (Å²) in [5.74, 6) is -0.833. The number of carbonyl (C=O) groups is 2. The molecule has 2 amide bonds. The SMILES string of the molecule is COC(=O)c1sccc1NC(=O)N1CCc2c([nH]c3ccccc23)[C@@H]1c1ccc(F)cc1. The Morgan fingerprint density at radius 1 is 1.16 bits per heavy atom. The number of fused-ring (bicyclic) bond motifs is 3. The minimum atomic E-state index is -0.498. The van der Waals surface area contributed by atoms with Crippen molar-refractivity contribution in [2.45, 2.75) is 12.5 Å². The third-order valence-electron chi connectivity index (χ3n) is 5.76. The van der Waals surface area contributed by atoms with Crippen LogP contribution in [0, 0.1) is 5.82 Å². The van der Waals surface area contributed by atoms with Gasteiger partial charge < -0.3 is 19.9 Å².